The summed E-state index contributed by atoms with van der Waals surface area (Å²) in [6, 6.07) is 6.65. The fourth-order valence-corrected chi connectivity index (χ4v) is 2.41. The predicted molar refractivity (Wildman–Crippen MR) is 80.9 cm³/mol. The van der Waals surface area contributed by atoms with Crippen molar-refractivity contribution in [2.45, 2.75) is 38.0 Å². The Morgan fingerprint density at radius 2 is 1.70 bits per heavy atom. The molecule has 23 heavy (non-hydrogen) atoms. The molecule has 0 aromatic heterocycles. The number of hydrogen-bond acceptors (Lipinski definition) is 5. The van der Waals surface area contributed by atoms with Gasteiger partial charge < -0.3 is 9.47 Å². The van der Waals surface area contributed by atoms with Crippen molar-refractivity contribution in [1.29, 1.82) is 5.26 Å². The van der Waals surface area contributed by atoms with Crippen LogP contribution in [0.15, 0.2) is 18.2 Å². The lowest BCUT2D eigenvalue weighted by atomic mass is 9.74. The molecule has 0 aliphatic carbocycles. The highest BCUT2D eigenvalue weighted by molar-refractivity contribution is 5.70. The van der Waals surface area contributed by atoms with E-state index in [1.807, 2.05) is 0 Å². The number of hydrogen-bond donors (Lipinski definition) is 0. The first kappa shape index (κ1) is 18.6. The Morgan fingerprint density at radius 1 is 1.17 bits per heavy atom. The van der Waals surface area contributed by atoms with Crippen LogP contribution in [0, 0.1) is 24.1 Å². The second kappa shape index (κ2) is 8.28. The molecule has 0 bridgehead atoms. The Hall–Kier alpha value is -2.42. The molecule has 0 spiro atoms. The second-order valence-electron chi connectivity index (χ2n) is 5.33. The average Bonchev–Trinajstić information content (AvgIpc) is 2.55. The van der Waals surface area contributed by atoms with Crippen LogP contribution in [0.25, 0.3) is 0 Å². The van der Waals surface area contributed by atoms with Gasteiger partial charge in [-0.15, -0.1) is 0 Å². The molecule has 0 radical (unpaired) electrons. The second-order valence-corrected chi connectivity index (χ2v) is 5.33. The van der Waals surface area contributed by atoms with Gasteiger partial charge >= 0.3 is 11.9 Å². The van der Waals surface area contributed by atoms with Crippen LogP contribution >= 0.6 is 0 Å². The highest BCUT2D eigenvalue weighted by Gasteiger charge is 2.36. The minimum Gasteiger partial charge on any atom is -0.469 e. The molecule has 124 valence electrons. The smallest absolute Gasteiger partial charge is 0.305 e. The van der Waals surface area contributed by atoms with Crippen molar-refractivity contribution >= 4 is 11.9 Å². The van der Waals surface area contributed by atoms with Gasteiger partial charge in [-0.25, -0.2) is 4.39 Å². The third-order valence-corrected chi connectivity index (χ3v) is 3.82. The first-order chi connectivity index (χ1) is 10.9. The molecule has 0 saturated carbocycles. The first-order valence-electron chi connectivity index (χ1n) is 7.20. The highest BCUT2D eigenvalue weighted by atomic mass is 19.1. The van der Waals surface area contributed by atoms with Crippen molar-refractivity contribution in [3.05, 3.63) is 35.1 Å². The van der Waals surface area contributed by atoms with Crippen LogP contribution in [0.5, 0.6) is 0 Å². The zero-order chi connectivity index (χ0) is 17.5. The highest BCUT2D eigenvalue weighted by Crippen LogP contribution is 2.36. The number of benzene rings is 1. The van der Waals surface area contributed by atoms with E-state index in [4.69, 9.17) is 0 Å². The van der Waals surface area contributed by atoms with Gasteiger partial charge in [-0.2, -0.15) is 5.26 Å². The molecule has 0 amide bonds. The lowest BCUT2D eigenvalue weighted by molar-refractivity contribution is -0.141. The topological polar surface area (TPSA) is 76.4 Å². The number of carbonyl (C=O) groups excluding carboxylic acids is 2. The van der Waals surface area contributed by atoms with Gasteiger partial charge in [0.25, 0.3) is 0 Å². The van der Waals surface area contributed by atoms with Crippen LogP contribution in [-0.4, -0.2) is 26.2 Å². The summed E-state index contributed by atoms with van der Waals surface area (Å²) >= 11 is 0. The molecule has 1 rings (SSSR count). The number of ether oxygens (including phenoxy) is 2. The molecule has 6 heteroatoms. The van der Waals surface area contributed by atoms with E-state index in [1.54, 1.807) is 13.0 Å². The van der Waals surface area contributed by atoms with E-state index >= 15 is 0 Å². The zero-order valence-corrected chi connectivity index (χ0v) is 13.5. The van der Waals surface area contributed by atoms with Crippen LogP contribution in [0.3, 0.4) is 0 Å². The average molecular weight is 321 g/mol. The molecule has 0 aliphatic rings. The third-order valence-electron chi connectivity index (χ3n) is 3.82. The number of nitrogens with zero attached hydrogens (tertiary/aromatic N) is 1. The molecule has 0 N–H and O–H groups in total. The summed E-state index contributed by atoms with van der Waals surface area (Å²) in [5, 5.41) is 9.67. The number of esters is 2. The van der Waals surface area contributed by atoms with Crippen molar-refractivity contribution in [3.8, 4) is 6.07 Å². The van der Waals surface area contributed by atoms with Gasteiger partial charge in [0.05, 0.1) is 25.7 Å². The van der Waals surface area contributed by atoms with Crippen LogP contribution in [0.2, 0.25) is 0 Å². The maximum atomic E-state index is 14.4. The quantitative estimate of drug-likeness (QED) is 0.722. The lowest BCUT2D eigenvalue weighted by Gasteiger charge is -2.27. The normalized spacial score (nSPS) is 10.7. The molecule has 0 unspecified atom stereocenters. The number of methoxy groups -OCH3 is 2. The summed E-state index contributed by atoms with van der Waals surface area (Å²) in [6.45, 7) is 1.74. The Labute approximate surface area is 135 Å². The monoisotopic (exact) mass is 321 g/mol. The van der Waals surface area contributed by atoms with Gasteiger partial charge in [0.1, 0.15) is 5.82 Å². The summed E-state index contributed by atoms with van der Waals surface area (Å²) in [6.07, 6.45) is 0.0391. The molecule has 0 saturated heterocycles. The van der Waals surface area contributed by atoms with E-state index in [2.05, 4.69) is 15.5 Å². The van der Waals surface area contributed by atoms with E-state index in [1.165, 1.54) is 26.4 Å². The standard InChI is InChI=1S/C17H20FNO4/c1-12-4-5-13(14(18)10-12)17(11-19,8-6-15(20)22-2)9-7-16(21)23-3/h4-5,10H,6-9H2,1-3H3. The molecule has 0 fully saturated rings. The van der Waals surface area contributed by atoms with Gasteiger partial charge in [-0.3, -0.25) is 9.59 Å². The largest absolute Gasteiger partial charge is 0.469 e. The number of nitriles is 1. The minimum absolute atomic E-state index is 0.0431. The SMILES string of the molecule is COC(=O)CCC(C#N)(CCC(=O)OC)c1ccc(C)cc1F. The van der Waals surface area contributed by atoms with Gasteiger partial charge in [-0.1, -0.05) is 12.1 Å². The van der Waals surface area contributed by atoms with Crippen LogP contribution in [0.4, 0.5) is 4.39 Å². The number of halogens is 1. The number of rotatable bonds is 7. The summed E-state index contributed by atoms with van der Waals surface area (Å²) in [5.74, 6) is -1.51. The van der Waals surface area contributed by atoms with Crippen LogP contribution in [-0.2, 0) is 24.5 Å². The fraction of sp³-hybridized carbons (Fsp3) is 0.471. The van der Waals surface area contributed by atoms with Gasteiger partial charge in [0.15, 0.2) is 0 Å². The summed E-state index contributed by atoms with van der Waals surface area (Å²) in [5.41, 5.74) is -0.391. The van der Waals surface area contributed by atoms with Crippen molar-refractivity contribution < 1.29 is 23.5 Å². The van der Waals surface area contributed by atoms with Gasteiger partial charge in [0, 0.05) is 18.4 Å². The maximum absolute atomic E-state index is 14.4. The van der Waals surface area contributed by atoms with E-state index in [9.17, 15) is 19.2 Å². The number of aryl methyl sites for hydroxylation is 1. The van der Waals surface area contributed by atoms with E-state index < -0.39 is 23.2 Å². The first-order valence-corrected chi connectivity index (χ1v) is 7.20. The summed E-state index contributed by atoms with van der Waals surface area (Å²) < 4.78 is 23.5. The van der Waals surface area contributed by atoms with Crippen molar-refractivity contribution in [2.75, 3.05) is 14.2 Å². The van der Waals surface area contributed by atoms with Gasteiger partial charge in [-0.05, 0) is 31.4 Å². The molecular formula is C17H20FNO4. The minimum atomic E-state index is -1.29. The Balaban J connectivity index is 3.18. The van der Waals surface area contributed by atoms with Gasteiger partial charge in [0.2, 0.25) is 0 Å². The molecule has 0 atom stereocenters. The van der Waals surface area contributed by atoms with E-state index in [-0.39, 0.29) is 31.2 Å². The van der Waals surface area contributed by atoms with Crippen LogP contribution < -0.4 is 0 Å². The molecule has 1 aromatic rings. The maximum Gasteiger partial charge on any atom is 0.305 e. The van der Waals surface area contributed by atoms with Crippen molar-refractivity contribution in [2.24, 2.45) is 0 Å². The Kier molecular flexibility index (Phi) is 6.70. The van der Waals surface area contributed by atoms with E-state index in [0.717, 1.165) is 5.56 Å². The van der Waals surface area contributed by atoms with E-state index in [0.29, 0.717) is 0 Å². The molecule has 5 nitrogen and oxygen atoms in total. The predicted octanol–water partition coefficient (Wildman–Crippen LogP) is 2.80. The molecule has 1 aromatic carbocycles. The summed E-state index contributed by atoms with van der Waals surface area (Å²) in [7, 11) is 2.49. The van der Waals surface area contributed by atoms with Crippen molar-refractivity contribution in [3.63, 3.8) is 0 Å². The summed E-state index contributed by atoms with van der Waals surface area (Å²) in [4.78, 5) is 22.8. The fourth-order valence-electron chi connectivity index (χ4n) is 2.41. The lowest BCUT2D eigenvalue weighted by Crippen LogP contribution is -2.28. The molecule has 0 aliphatic heterocycles. The Bertz CT molecular complexity index is 602. The molecular weight excluding hydrogens is 301 g/mol. The Morgan fingerprint density at radius 3 is 2.09 bits per heavy atom. The third kappa shape index (κ3) is 4.78. The van der Waals surface area contributed by atoms with Crippen molar-refractivity contribution in [1.82, 2.24) is 0 Å². The van der Waals surface area contributed by atoms with Crippen LogP contribution in [0.1, 0.15) is 36.8 Å². The number of carbonyl (C=O) groups is 2. The molecule has 0 heterocycles. The zero-order valence-electron chi connectivity index (χ0n) is 13.5.